The molecule has 0 saturated heterocycles. The van der Waals surface area contributed by atoms with Crippen LogP contribution in [0.3, 0.4) is 0 Å². The normalized spacial score (nSPS) is 11.7. The average molecular weight is 500 g/mol. The van der Waals surface area contributed by atoms with Crippen molar-refractivity contribution in [3.63, 3.8) is 0 Å². The van der Waals surface area contributed by atoms with E-state index in [0.29, 0.717) is 6.54 Å². The molecule has 2 rings (SSSR count). The average Bonchev–Trinajstić information content (AvgIpc) is 3.10. The van der Waals surface area contributed by atoms with Crippen LogP contribution in [-0.4, -0.2) is 31.8 Å². The number of aromatic nitrogens is 1. The third kappa shape index (κ3) is 6.12. The quantitative estimate of drug-likeness (QED) is 0.325. The maximum Gasteiger partial charge on any atom is 0.191 e. The van der Waals surface area contributed by atoms with Crippen LogP contribution >= 0.6 is 24.0 Å². The van der Waals surface area contributed by atoms with Gasteiger partial charge in [0.1, 0.15) is 11.5 Å². The van der Waals surface area contributed by atoms with E-state index in [-0.39, 0.29) is 29.4 Å². The molecule has 0 saturated carbocycles. The molecule has 0 aliphatic rings. The van der Waals surface area contributed by atoms with Gasteiger partial charge in [0.05, 0.1) is 12.8 Å². The Balaban J connectivity index is 0.00000392. The van der Waals surface area contributed by atoms with Crippen LogP contribution in [0.4, 0.5) is 0 Å². The lowest BCUT2D eigenvalue weighted by Crippen LogP contribution is -2.43. The number of guanidine groups is 1. The molecular formula is C21H33IN4O2. The number of nitrogens with one attached hydrogen (secondary N) is 2. The summed E-state index contributed by atoms with van der Waals surface area (Å²) in [7, 11) is 3.46. The molecule has 1 aromatic heterocycles. The Morgan fingerprint density at radius 1 is 1.14 bits per heavy atom. The summed E-state index contributed by atoms with van der Waals surface area (Å²) in [6, 6.07) is 8.20. The van der Waals surface area contributed by atoms with Gasteiger partial charge in [-0.15, -0.1) is 24.0 Å². The van der Waals surface area contributed by atoms with Gasteiger partial charge in [-0.05, 0) is 24.1 Å². The molecule has 156 valence electrons. The van der Waals surface area contributed by atoms with Crippen LogP contribution in [0.5, 0.6) is 5.75 Å². The fraction of sp³-hybridized carbons (Fsp3) is 0.524. The lowest BCUT2D eigenvalue weighted by atomic mass is 9.84. The zero-order chi connectivity index (χ0) is 19.9. The maximum absolute atomic E-state index is 5.43. The lowest BCUT2D eigenvalue weighted by molar-refractivity contribution is 0.380. The van der Waals surface area contributed by atoms with Crippen LogP contribution in [0, 0.1) is 0 Å². The van der Waals surface area contributed by atoms with Crippen molar-refractivity contribution in [3.05, 3.63) is 46.8 Å². The second-order valence-electron chi connectivity index (χ2n) is 7.13. The third-order valence-electron chi connectivity index (χ3n) is 4.83. The summed E-state index contributed by atoms with van der Waals surface area (Å²) in [5.74, 6) is 2.57. The highest BCUT2D eigenvalue weighted by molar-refractivity contribution is 14.0. The Hall–Kier alpha value is -1.77. The van der Waals surface area contributed by atoms with Crippen LogP contribution in [-0.2, 0) is 24.8 Å². The van der Waals surface area contributed by atoms with E-state index in [1.807, 2.05) is 12.1 Å². The Kier molecular flexibility index (Phi) is 9.78. The summed E-state index contributed by atoms with van der Waals surface area (Å²) in [5.41, 5.74) is 3.34. The Bertz CT molecular complexity index is 733. The third-order valence-corrected chi connectivity index (χ3v) is 4.83. The molecule has 28 heavy (non-hydrogen) atoms. The Morgan fingerprint density at radius 3 is 2.36 bits per heavy atom. The first kappa shape index (κ1) is 24.3. The highest BCUT2D eigenvalue weighted by Gasteiger charge is 2.21. The van der Waals surface area contributed by atoms with Gasteiger partial charge in [-0.1, -0.05) is 45.0 Å². The van der Waals surface area contributed by atoms with E-state index in [4.69, 9.17) is 9.26 Å². The van der Waals surface area contributed by atoms with Crippen LogP contribution in [0.15, 0.2) is 33.8 Å². The number of aryl methyl sites for hydroxylation is 2. The smallest absolute Gasteiger partial charge is 0.191 e. The number of hydrogen-bond donors (Lipinski definition) is 2. The maximum atomic E-state index is 5.43. The largest absolute Gasteiger partial charge is 0.497 e. The van der Waals surface area contributed by atoms with Gasteiger partial charge in [-0.2, -0.15) is 0 Å². The number of halogens is 1. The predicted octanol–water partition coefficient (Wildman–Crippen LogP) is 4.07. The van der Waals surface area contributed by atoms with Gasteiger partial charge in [0.15, 0.2) is 5.96 Å². The van der Waals surface area contributed by atoms with Crippen molar-refractivity contribution >= 4 is 29.9 Å². The first-order valence-electron chi connectivity index (χ1n) is 9.50. The molecule has 2 aromatic rings. The zero-order valence-corrected chi connectivity index (χ0v) is 20.1. The second-order valence-corrected chi connectivity index (χ2v) is 7.13. The summed E-state index contributed by atoms with van der Waals surface area (Å²) in [5, 5.41) is 11.0. The molecule has 1 aromatic carbocycles. The molecule has 0 atom stereocenters. The number of methoxy groups -OCH3 is 1. The molecule has 6 nitrogen and oxygen atoms in total. The highest BCUT2D eigenvalue weighted by Crippen LogP contribution is 2.24. The zero-order valence-electron chi connectivity index (χ0n) is 17.8. The fourth-order valence-electron chi connectivity index (χ4n) is 2.98. The number of nitrogens with zero attached hydrogens (tertiary/aromatic N) is 2. The van der Waals surface area contributed by atoms with Crippen LogP contribution in [0.2, 0.25) is 0 Å². The van der Waals surface area contributed by atoms with Gasteiger partial charge in [-0.25, -0.2) is 0 Å². The van der Waals surface area contributed by atoms with Gasteiger partial charge >= 0.3 is 0 Å². The highest BCUT2D eigenvalue weighted by atomic mass is 127. The second kappa shape index (κ2) is 11.3. The summed E-state index contributed by atoms with van der Waals surface area (Å²) >= 11 is 0. The minimum atomic E-state index is -0.0513. The molecule has 0 bridgehead atoms. The summed E-state index contributed by atoms with van der Waals surface area (Å²) in [6.07, 6.45) is 1.69. The van der Waals surface area contributed by atoms with Crippen LogP contribution < -0.4 is 15.4 Å². The topological polar surface area (TPSA) is 71.7 Å². The Labute approximate surface area is 185 Å². The van der Waals surface area contributed by atoms with Crippen molar-refractivity contribution in [1.82, 2.24) is 15.8 Å². The van der Waals surface area contributed by atoms with Crippen molar-refractivity contribution in [3.8, 4) is 5.75 Å². The first-order chi connectivity index (χ1) is 12.9. The molecule has 0 spiro atoms. The summed E-state index contributed by atoms with van der Waals surface area (Å²) < 4.78 is 10.7. The van der Waals surface area contributed by atoms with E-state index < -0.39 is 0 Å². The van der Waals surface area contributed by atoms with Gasteiger partial charge in [-0.3, -0.25) is 4.99 Å². The minimum absolute atomic E-state index is 0. The predicted molar refractivity (Wildman–Crippen MR) is 125 cm³/mol. The molecule has 0 fully saturated rings. The van der Waals surface area contributed by atoms with Crippen molar-refractivity contribution < 1.29 is 9.26 Å². The van der Waals surface area contributed by atoms with E-state index in [2.05, 4.69) is 60.6 Å². The van der Waals surface area contributed by atoms with E-state index in [1.165, 1.54) is 5.56 Å². The van der Waals surface area contributed by atoms with Crippen LogP contribution in [0.1, 0.15) is 50.3 Å². The first-order valence-corrected chi connectivity index (χ1v) is 9.50. The molecule has 0 radical (unpaired) electrons. The number of aliphatic imine (C=N–C) groups is 1. The van der Waals surface area contributed by atoms with Crippen LogP contribution in [0.25, 0.3) is 0 Å². The van der Waals surface area contributed by atoms with Gasteiger partial charge < -0.3 is 19.9 Å². The number of ether oxygens (including phenoxy) is 1. The van der Waals surface area contributed by atoms with E-state index >= 15 is 0 Å². The van der Waals surface area contributed by atoms with E-state index in [9.17, 15) is 0 Å². The lowest BCUT2D eigenvalue weighted by Gasteiger charge is -2.27. The summed E-state index contributed by atoms with van der Waals surface area (Å²) in [4.78, 5) is 4.35. The summed E-state index contributed by atoms with van der Waals surface area (Å²) in [6.45, 7) is 9.99. The molecule has 1 heterocycles. The molecular weight excluding hydrogens is 467 g/mol. The van der Waals surface area contributed by atoms with E-state index in [0.717, 1.165) is 48.1 Å². The molecule has 7 heteroatoms. The van der Waals surface area contributed by atoms with Crippen molar-refractivity contribution in [2.24, 2.45) is 4.99 Å². The Morgan fingerprint density at radius 2 is 1.82 bits per heavy atom. The molecule has 2 N–H and O–H groups in total. The monoisotopic (exact) mass is 500 g/mol. The number of benzene rings is 1. The van der Waals surface area contributed by atoms with Crippen molar-refractivity contribution in [2.75, 3.05) is 20.7 Å². The van der Waals surface area contributed by atoms with Gasteiger partial charge in [0.2, 0.25) is 0 Å². The fourth-order valence-corrected chi connectivity index (χ4v) is 2.98. The molecule has 0 unspecified atom stereocenters. The SMILES string of the molecule is CCc1noc(CC)c1CNC(=NC)NCC(C)(C)c1ccc(OC)cc1.I. The van der Waals surface area contributed by atoms with Gasteiger partial charge in [0.25, 0.3) is 0 Å². The number of hydrogen-bond acceptors (Lipinski definition) is 4. The van der Waals surface area contributed by atoms with Crippen molar-refractivity contribution in [2.45, 2.75) is 52.5 Å². The van der Waals surface area contributed by atoms with E-state index in [1.54, 1.807) is 14.2 Å². The van der Waals surface area contributed by atoms with Gasteiger partial charge in [0, 0.05) is 37.5 Å². The molecule has 0 aliphatic carbocycles. The number of rotatable bonds is 8. The van der Waals surface area contributed by atoms with Crippen molar-refractivity contribution in [1.29, 1.82) is 0 Å². The molecule has 0 aliphatic heterocycles. The minimum Gasteiger partial charge on any atom is -0.497 e. The molecule has 0 amide bonds. The standard InChI is InChI=1S/C21H32N4O2.HI/c1-7-18-17(19(8-2)27-25-18)13-23-20(22-5)24-14-21(3,4)15-9-11-16(26-6)12-10-15;/h9-12H,7-8,13-14H2,1-6H3,(H2,22,23,24);1H.